The topological polar surface area (TPSA) is 0 Å². The van der Waals surface area contributed by atoms with Gasteiger partial charge in [0.05, 0.1) is 0 Å². The van der Waals surface area contributed by atoms with Crippen LogP contribution in [0.5, 0.6) is 0 Å². The number of fused-ring (bicyclic) bond motifs is 13. The molecular formula is C137H206Cl6Zr3. The molecule has 0 aliphatic heterocycles. The third kappa shape index (κ3) is 26.6. The van der Waals surface area contributed by atoms with E-state index in [1.165, 1.54) is 107 Å². The van der Waals surface area contributed by atoms with Crippen molar-refractivity contribution in [3.8, 4) is 0 Å². The van der Waals surface area contributed by atoms with Crippen molar-refractivity contribution in [2.75, 3.05) is 0 Å². The molecule has 16 aliphatic carbocycles. The third-order valence-electron chi connectivity index (χ3n) is 41.5. The average molecular weight is 2340 g/mol. The predicted octanol–water partition coefficient (Wildman–Crippen LogP) is 43.9. The zero-order valence-corrected chi connectivity index (χ0v) is 112. The molecule has 808 valence electrons. The Morgan fingerprint density at radius 1 is 0.267 bits per heavy atom. The van der Waals surface area contributed by atoms with E-state index < -0.39 is 62.5 Å². The molecule has 3 aromatic rings. The van der Waals surface area contributed by atoms with Crippen LogP contribution in [-0.4, -0.2) is 0 Å². The first-order valence-corrected chi connectivity index (χ1v) is 74.7. The van der Waals surface area contributed by atoms with Crippen LogP contribution >= 0.6 is 51.1 Å². The van der Waals surface area contributed by atoms with Crippen molar-refractivity contribution in [1.82, 2.24) is 0 Å². The van der Waals surface area contributed by atoms with Crippen LogP contribution in [0.2, 0.25) is 0 Å². The summed E-state index contributed by atoms with van der Waals surface area (Å²) in [6, 6.07) is 35.7. The number of rotatable bonds is 10. The summed E-state index contributed by atoms with van der Waals surface area (Å²) < 4.78 is 0. The fourth-order valence-corrected chi connectivity index (χ4v) is 32.6. The number of hydrogen-bond acceptors (Lipinski definition) is 0. The predicted molar refractivity (Wildman–Crippen MR) is 638 cm³/mol. The molecule has 0 spiro atoms. The SMILES string of the molecule is CC1CC(C(C)(C)C)CC1C(c1ccccc1)C1C2C=C(C(C)(C)C)C=CC2C2C=CC(C(C)(C)C)=CC21.CC1CC(C(C)(C)C)CC1C(c1ccccc1)C1C2C=C3C(=CC2C2C=C4C(=CC21)C(C)(C)CCC4(C)C)C(C)(C)CCC3(C)C.CCC1CC(C(C)(C)C)CC1C(c1ccccc1)C1C2C=C3C(=CC2C2C=C4C(=CC21)C(C)(C)CCC4(C)C)C(C)(C)CCC3(C)C.[CH3-].[CH3-].[CH3-].[CH3-].[CH3-].[CH3-].[Cl][Zr+2][Cl].[Cl][Zr+2][Cl].[Cl][Zr+2][Cl]. The molecule has 0 heterocycles. The maximum absolute atomic E-state index is 4.93. The molecule has 10 saturated carbocycles. The van der Waals surface area contributed by atoms with Gasteiger partial charge in [0.25, 0.3) is 0 Å². The van der Waals surface area contributed by atoms with Crippen LogP contribution in [0, 0.1) is 257 Å². The van der Waals surface area contributed by atoms with Crippen molar-refractivity contribution >= 4 is 51.1 Å². The van der Waals surface area contributed by atoms with E-state index >= 15 is 0 Å². The number of allylic oxidation sites excluding steroid dienone is 24. The van der Waals surface area contributed by atoms with E-state index in [2.05, 4.69) is 411 Å². The molecule has 0 saturated heterocycles. The summed E-state index contributed by atoms with van der Waals surface area (Å²) in [6.45, 7) is 85.2. The molecule has 9 heteroatoms. The van der Waals surface area contributed by atoms with Crippen LogP contribution in [0.4, 0.5) is 0 Å². The maximum atomic E-state index is 4.93. The Balaban J connectivity index is 0.000000253. The van der Waals surface area contributed by atoms with Gasteiger partial charge in [-0.3, -0.25) is 0 Å². The Morgan fingerprint density at radius 2 is 0.459 bits per heavy atom. The summed E-state index contributed by atoms with van der Waals surface area (Å²) in [5.41, 5.74) is 25.0. The molecule has 24 atom stereocenters. The fraction of sp³-hybridized carbons (Fsp3) is 0.650. The van der Waals surface area contributed by atoms with Crippen molar-refractivity contribution in [2.24, 2.45) is 212 Å². The van der Waals surface area contributed by atoms with Gasteiger partial charge in [-0.25, -0.2) is 0 Å². The third-order valence-corrected chi connectivity index (χ3v) is 41.5. The zero-order valence-electron chi connectivity index (χ0n) is 99.7. The van der Waals surface area contributed by atoms with Gasteiger partial charge in [0.15, 0.2) is 0 Å². The normalized spacial score (nSPS) is 34.2. The molecule has 19 rings (SSSR count). The van der Waals surface area contributed by atoms with Gasteiger partial charge in [-0.1, -0.05) is 418 Å². The van der Waals surface area contributed by atoms with Gasteiger partial charge in [0.2, 0.25) is 0 Å². The number of benzene rings is 3. The number of hydrogen-bond donors (Lipinski definition) is 0. The van der Waals surface area contributed by atoms with Crippen LogP contribution in [0.15, 0.2) is 232 Å². The minimum absolute atomic E-state index is 0. The second-order valence-electron chi connectivity index (χ2n) is 58.6. The Morgan fingerprint density at radius 3 is 0.658 bits per heavy atom. The quantitative estimate of drug-likeness (QED) is 0.178. The summed E-state index contributed by atoms with van der Waals surface area (Å²) in [7, 11) is 29.6. The van der Waals surface area contributed by atoms with Gasteiger partial charge in [-0.15, -0.1) is 0 Å². The van der Waals surface area contributed by atoms with Gasteiger partial charge in [-0.05, 0) is 392 Å². The Bertz CT molecular complexity index is 5010. The Kier molecular flexibility index (Phi) is 44.0. The van der Waals surface area contributed by atoms with Gasteiger partial charge in [-0.2, -0.15) is 0 Å². The Hall–Kier alpha value is -1.07. The molecule has 0 N–H and O–H groups in total. The van der Waals surface area contributed by atoms with E-state index in [1.54, 1.807) is 61.3 Å². The van der Waals surface area contributed by atoms with Gasteiger partial charge in [0.1, 0.15) is 0 Å². The van der Waals surface area contributed by atoms with Crippen LogP contribution in [0.25, 0.3) is 0 Å². The van der Waals surface area contributed by atoms with Gasteiger partial charge in [0, 0.05) is 0 Å². The summed E-state index contributed by atoms with van der Waals surface area (Å²) in [6.07, 6.45) is 58.9. The molecule has 0 amide bonds. The summed E-state index contributed by atoms with van der Waals surface area (Å²) >= 11 is -2.48. The van der Waals surface area contributed by atoms with Crippen LogP contribution < -0.4 is 0 Å². The first-order valence-electron chi connectivity index (χ1n) is 55.7. The molecular weight excluding hydrogens is 2130 g/mol. The van der Waals surface area contributed by atoms with Crippen LogP contribution in [0.1, 0.15) is 366 Å². The minimum atomic E-state index is -0.826. The Labute approximate surface area is 958 Å². The van der Waals surface area contributed by atoms with E-state index in [1.807, 2.05) is 0 Å². The molecule has 16 aliphatic rings. The standard InChI is InChI=1S/C47H68.C46H66.C38H54.6CH3.6ClH.3Zr/c1-13-29-23-31(43(2,3)4)24-32(29)41(30-17-15-14-16-18-30)42-35-27-39-37(44(5,6)19-21-46(39,9)10)25-33(35)34-26-38-40(28-36(34)42)47(11,12)22-20-45(38,7)8;1-28-22-30(42(2,3)4)23-31(28)40(29-16-14-13-15-17-29)41-34-26-38-36(43(5,6)18-20-45(38,9)10)24-32(34)33-25-37-39(27-35(33)41)46(11,12)21-19-44(37,7)8;1-24-20-28(38(8,9)10)23-31(24)34(25-14-12-11-13-15-25)35-32-21-26(36(2,3)4)16-18-29(32)30-19-17-27(22-33(30)35)37(5,6)7;;;;;;;;;;;;;;;/h14-18,25-29,31-36,41-42H,13,19-24H2,1-12H3;13-17,24-28,30-35,40-41H,18-23H2,1-12H3;11-19,21-22,24,28-35H,20,23H2,1-10H3;6*1H3;6*1H;;;/q;;;6*-1;;;;;;;3*+4/p-6. The first-order chi connectivity index (χ1) is 65.1. The van der Waals surface area contributed by atoms with E-state index in [0.717, 1.165) is 53.3 Å². The molecule has 0 bridgehead atoms. The second kappa shape index (κ2) is 49.4. The molecule has 0 radical (unpaired) electrons. The van der Waals surface area contributed by atoms with Crippen LogP contribution in [0.3, 0.4) is 0 Å². The van der Waals surface area contributed by atoms with Gasteiger partial charge < -0.3 is 44.6 Å². The monoisotopic (exact) mass is 2330 g/mol. The van der Waals surface area contributed by atoms with E-state index in [9.17, 15) is 0 Å². The van der Waals surface area contributed by atoms with E-state index in [0.29, 0.717) is 123 Å². The molecule has 0 aromatic heterocycles. The molecule has 0 nitrogen and oxygen atoms in total. The summed E-state index contributed by atoms with van der Waals surface area (Å²) in [4.78, 5) is 0. The fourth-order valence-electron chi connectivity index (χ4n) is 32.6. The summed E-state index contributed by atoms with van der Waals surface area (Å²) in [5, 5.41) is 0. The second-order valence-corrected chi connectivity index (χ2v) is 69.8. The van der Waals surface area contributed by atoms with Crippen LogP contribution in [-0.2, 0) is 62.5 Å². The number of halogens is 6. The molecule has 146 heavy (non-hydrogen) atoms. The van der Waals surface area contributed by atoms with E-state index in [4.69, 9.17) is 51.1 Å². The summed E-state index contributed by atoms with van der Waals surface area (Å²) in [5.74, 6) is 17.7. The van der Waals surface area contributed by atoms with E-state index in [-0.39, 0.29) is 98.7 Å². The van der Waals surface area contributed by atoms with Crippen molar-refractivity contribution in [1.29, 1.82) is 0 Å². The molecule has 24 unspecified atom stereocenters. The zero-order chi connectivity index (χ0) is 103. The molecule has 3 aromatic carbocycles. The van der Waals surface area contributed by atoms with Crippen molar-refractivity contribution in [2.45, 2.75) is 349 Å². The van der Waals surface area contributed by atoms with Crippen molar-refractivity contribution in [3.63, 3.8) is 0 Å². The first kappa shape index (κ1) is 130. The van der Waals surface area contributed by atoms with Crippen molar-refractivity contribution in [3.05, 3.63) is 293 Å². The molecule has 10 fully saturated rings. The average Bonchev–Trinajstić information content (AvgIpc) is 1.54. The van der Waals surface area contributed by atoms with Gasteiger partial charge >= 0.3 is 114 Å². The van der Waals surface area contributed by atoms with Crippen molar-refractivity contribution < 1.29 is 62.5 Å².